The third-order valence-corrected chi connectivity index (χ3v) is 10.4. The van der Waals surface area contributed by atoms with E-state index in [0.717, 1.165) is 58.2 Å². The molecule has 3 heterocycles. The van der Waals surface area contributed by atoms with Gasteiger partial charge in [0.15, 0.2) is 0 Å². The molecule has 0 aromatic heterocycles. The number of ether oxygens (including phenoxy) is 3. The van der Waals surface area contributed by atoms with E-state index in [2.05, 4.69) is 41.7 Å². The highest BCUT2D eigenvalue weighted by atomic mass is 31.2. The van der Waals surface area contributed by atoms with E-state index in [1.54, 1.807) is 0 Å². The third-order valence-electron chi connectivity index (χ3n) is 6.80. The quantitative estimate of drug-likeness (QED) is 0.402. The Hall–Kier alpha value is -0.0100. The van der Waals surface area contributed by atoms with Crippen LogP contribution in [0.1, 0.15) is 73.1 Å². The van der Waals surface area contributed by atoms with Crippen LogP contribution in [-0.2, 0) is 18.8 Å². The van der Waals surface area contributed by atoms with E-state index in [0.29, 0.717) is 26.4 Å². The van der Waals surface area contributed by atoms with E-state index < -0.39 is 7.59 Å². The summed E-state index contributed by atoms with van der Waals surface area (Å²) < 4.78 is 40.2. The third kappa shape index (κ3) is 6.11. The molecule has 0 amide bonds. The lowest BCUT2D eigenvalue weighted by molar-refractivity contribution is 0.0391. The highest BCUT2D eigenvalue weighted by molar-refractivity contribution is 7.56. The predicted molar refractivity (Wildman–Crippen MR) is 125 cm³/mol. The van der Waals surface area contributed by atoms with Gasteiger partial charge < -0.3 is 14.2 Å². The molecule has 0 unspecified atom stereocenters. The van der Waals surface area contributed by atoms with Gasteiger partial charge in [-0.05, 0) is 73.1 Å². The predicted octanol–water partition coefficient (Wildman–Crippen LogP) is 4.37. The van der Waals surface area contributed by atoms with Gasteiger partial charge in [-0.3, -0.25) is 4.57 Å². The Balaban J connectivity index is 1.89. The molecule has 7 nitrogen and oxygen atoms in total. The first-order chi connectivity index (χ1) is 14.9. The van der Waals surface area contributed by atoms with Gasteiger partial charge in [0.2, 0.25) is 0 Å². The highest BCUT2D eigenvalue weighted by Gasteiger charge is 2.53. The monoisotopic (exact) mass is 459 g/mol. The smallest absolute Gasteiger partial charge is 0.287 e. The zero-order valence-electron chi connectivity index (χ0n) is 20.5. The van der Waals surface area contributed by atoms with Gasteiger partial charge in [0.1, 0.15) is 0 Å². The average Bonchev–Trinajstić information content (AvgIpc) is 3.49. The van der Waals surface area contributed by atoms with Gasteiger partial charge >= 0.3 is 0 Å². The maximum absolute atomic E-state index is 15.3. The SMILES string of the molecule is CCOC[C@@H]1CCCN1P(=O)(N1CCC[C@H]1COC(C)C)N1CCC[C@H]1COC(C)C. The molecule has 3 fully saturated rings. The fourth-order valence-electron chi connectivity index (χ4n) is 5.30. The second-order valence-electron chi connectivity index (χ2n) is 9.81. The number of nitrogens with zero attached hydrogens (tertiary/aromatic N) is 3. The Morgan fingerprint density at radius 3 is 1.48 bits per heavy atom. The van der Waals surface area contributed by atoms with Crippen LogP contribution in [0, 0.1) is 0 Å². The lowest BCUT2D eigenvalue weighted by Crippen LogP contribution is -2.48. The summed E-state index contributed by atoms with van der Waals surface area (Å²) in [5, 5.41) is 0. The van der Waals surface area contributed by atoms with Crippen molar-refractivity contribution in [2.24, 2.45) is 0 Å². The molecule has 3 aliphatic rings. The van der Waals surface area contributed by atoms with E-state index in [4.69, 9.17) is 14.2 Å². The van der Waals surface area contributed by atoms with E-state index in [-0.39, 0.29) is 30.3 Å². The van der Waals surface area contributed by atoms with Crippen molar-refractivity contribution in [3.63, 3.8) is 0 Å². The lowest BCUT2D eigenvalue weighted by atomic mass is 10.2. The van der Waals surface area contributed by atoms with Crippen LogP contribution in [0.3, 0.4) is 0 Å². The van der Waals surface area contributed by atoms with Crippen LogP contribution in [0.2, 0.25) is 0 Å². The van der Waals surface area contributed by atoms with Gasteiger partial charge in [-0.15, -0.1) is 0 Å². The van der Waals surface area contributed by atoms with Gasteiger partial charge in [0, 0.05) is 44.4 Å². The molecule has 0 aliphatic carbocycles. The average molecular weight is 460 g/mol. The standard InChI is InChI=1S/C23H46N3O4P/c1-6-28-16-21-10-7-13-24(21)31(27,25-14-8-11-22(25)17-29-19(2)3)26-15-9-12-23(26)18-30-20(4)5/h19-23H,6-18H2,1-5H3/t21-,22-,23-/m0/s1. The van der Waals surface area contributed by atoms with Crippen molar-refractivity contribution >= 4 is 7.59 Å². The summed E-state index contributed by atoms with van der Waals surface area (Å²) in [5.74, 6) is 0. The minimum Gasteiger partial charge on any atom is -0.380 e. The van der Waals surface area contributed by atoms with Crippen LogP contribution in [0.15, 0.2) is 0 Å². The summed E-state index contributed by atoms with van der Waals surface area (Å²) in [6.07, 6.45) is 6.82. The summed E-state index contributed by atoms with van der Waals surface area (Å²) in [6, 6.07) is 0.660. The first kappa shape index (κ1) is 25.6. The number of hydrogen-bond acceptors (Lipinski definition) is 4. The molecular formula is C23H46N3O4P. The van der Waals surface area contributed by atoms with Crippen molar-refractivity contribution < 1.29 is 18.8 Å². The fourth-order valence-corrected chi connectivity index (χ4v) is 9.22. The molecule has 3 aliphatic heterocycles. The van der Waals surface area contributed by atoms with Crippen LogP contribution in [0.4, 0.5) is 0 Å². The summed E-state index contributed by atoms with van der Waals surface area (Å²) >= 11 is 0. The second kappa shape index (κ2) is 11.9. The molecular weight excluding hydrogens is 413 g/mol. The Morgan fingerprint density at radius 2 is 1.13 bits per heavy atom. The molecule has 3 atom stereocenters. The lowest BCUT2D eigenvalue weighted by Gasteiger charge is -2.47. The summed E-state index contributed by atoms with van der Waals surface area (Å²) in [6.45, 7) is 15.7. The van der Waals surface area contributed by atoms with Gasteiger partial charge in [0.05, 0.1) is 32.0 Å². The maximum Gasteiger partial charge on any atom is 0.287 e. The second-order valence-corrected chi connectivity index (χ2v) is 12.4. The summed E-state index contributed by atoms with van der Waals surface area (Å²) in [4.78, 5) is 0. The molecule has 0 aromatic carbocycles. The highest BCUT2D eigenvalue weighted by Crippen LogP contribution is 2.63. The van der Waals surface area contributed by atoms with E-state index in [1.165, 1.54) is 0 Å². The molecule has 0 saturated carbocycles. The van der Waals surface area contributed by atoms with Crippen molar-refractivity contribution in [2.75, 3.05) is 46.1 Å². The fraction of sp³-hybridized carbons (Fsp3) is 1.00. The van der Waals surface area contributed by atoms with Gasteiger partial charge in [0.25, 0.3) is 7.59 Å². The topological polar surface area (TPSA) is 54.5 Å². The van der Waals surface area contributed by atoms with Crippen molar-refractivity contribution in [3.05, 3.63) is 0 Å². The molecule has 0 N–H and O–H groups in total. The zero-order chi connectivity index (χ0) is 22.4. The molecule has 182 valence electrons. The number of rotatable bonds is 12. The van der Waals surface area contributed by atoms with Crippen LogP contribution in [-0.4, -0.2) is 90.4 Å². The molecule has 0 spiro atoms. The minimum atomic E-state index is -2.93. The van der Waals surface area contributed by atoms with Crippen LogP contribution in [0.25, 0.3) is 0 Å². The minimum absolute atomic E-state index is 0.193. The molecule has 3 saturated heterocycles. The summed E-state index contributed by atoms with van der Waals surface area (Å²) in [7, 11) is -2.93. The normalized spacial score (nSPS) is 29.2. The first-order valence-corrected chi connectivity index (χ1v) is 14.2. The summed E-state index contributed by atoms with van der Waals surface area (Å²) in [5.41, 5.74) is 0. The van der Waals surface area contributed by atoms with E-state index in [9.17, 15) is 0 Å². The van der Waals surface area contributed by atoms with Crippen LogP contribution >= 0.6 is 7.59 Å². The van der Waals surface area contributed by atoms with Crippen molar-refractivity contribution in [1.82, 2.24) is 14.0 Å². The number of hydrogen-bond donors (Lipinski definition) is 0. The Kier molecular flexibility index (Phi) is 9.84. The Labute approximate surface area is 190 Å². The van der Waals surface area contributed by atoms with Crippen LogP contribution < -0.4 is 0 Å². The molecule has 0 aromatic rings. The van der Waals surface area contributed by atoms with Gasteiger partial charge in [-0.25, -0.2) is 14.0 Å². The Morgan fingerprint density at radius 1 is 0.742 bits per heavy atom. The largest absolute Gasteiger partial charge is 0.380 e. The molecule has 3 rings (SSSR count). The van der Waals surface area contributed by atoms with Crippen molar-refractivity contribution in [2.45, 2.75) is 103 Å². The van der Waals surface area contributed by atoms with Gasteiger partial charge in [-0.2, -0.15) is 0 Å². The van der Waals surface area contributed by atoms with Crippen molar-refractivity contribution in [3.8, 4) is 0 Å². The van der Waals surface area contributed by atoms with Crippen LogP contribution in [0.5, 0.6) is 0 Å². The molecule has 0 bridgehead atoms. The van der Waals surface area contributed by atoms with Gasteiger partial charge in [-0.1, -0.05) is 0 Å². The zero-order valence-corrected chi connectivity index (χ0v) is 21.4. The molecule has 0 radical (unpaired) electrons. The van der Waals surface area contributed by atoms with E-state index in [1.807, 2.05) is 6.92 Å². The van der Waals surface area contributed by atoms with Crippen molar-refractivity contribution in [1.29, 1.82) is 0 Å². The molecule has 31 heavy (non-hydrogen) atoms. The maximum atomic E-state index is 15.3. The van der Waals surface area contributed by atoms with E-state index >= 15 is 4.57 Å². The first-order valence-electron chi connectivity index (χ1n) is 12.6. The molecule has 8 heteroatoms. The Bertz CT molecular complexity index is 557.